The molecule has 0 unspecified atom stereocenters. The van der Waals surface area contributed by atoms with E-state index in [4.69, 9.17) is 4.74 Å². The van der Waals surface area contributed by atoms with E-state index >= 15 is 0 Å². The van der Waals surface area contributed by atoms with Gasteiger partial charge in [-0.3, -0.25) is 4.79 Å². The number of hydrogen-bond donors (Lipinski definition) is 0. The third-order valence-corrected chi connectivity index (χ3v) is 2.30. The molecule has 0 bridgehead atoms. The van der Waals surface area contributed by atoms with Crippen molar-refractivity contribution < 1.29 is 9.53 Å². The summed E-state index contributed by atoms with van der Waals surface area (Å²) in [6, 6.07) is 0. The minimum absolute atomic E-state index is 0.135. The molecule has 0 amide bonds. The predicted octanol–water partition coefficient (Wildman–Crippen LogP) is 2.13. The lowest BCUT2D eigenvalue weighted by Crippen LogP contribution is -2.22. The zero-order valence-electron chi connectivity index (χ0n) is 7.30. The molecule has 1 fully saturated rings. The number of esters is 1. The van der Waals surface area contributed by atoms with Gasteiger partial charge in [0.15, 0.2) is 0 Å². The lowest BCUT2D eigenvalue weighted by atomic mass is 9.89. The van der Waals surface area contributed by atoms with Gasteiger partial charge in [0.2, 0.25) is 0 Å². The first kappa shape index (κ1) is 8.57. The molecule has 2 heteroatoms. The molecule has 2 nitrogen and oxygen atoms in total. The summed E-state index contributed by atoms with van der Waals surface area (Å²) in [6.07, 6.45) is 4.74. The maximum Gasteiger partial charge on any atom is 0.302 e. The summed E-state index contributed by atoms with van der Waals surface area (Å²) in [7, 11) is 0. The third-order valence-electron chi connectivity index (χ3n) is 2.30. The highest BCUT2D eigenvalue weighted by Crippen LogP contribution is 2.25. The molecule has 0 aromatic carbocycles. The summed E-state index contributed by atoms with van der Waals surface area (Å²) in [5.74, 6) is 0.686. The van der Waals surface area contributed by atoms with Crippen LogP contribution in [0.15, 0.2) is 0 Å². The molecule has 0 aliphatic heterocycles. The Bertz CT molecular complexity index is 134. The van der Waals surface area contributed by atoms with E-state index in [1.165, 1.54) is 19.8 Å². The van der Waals surface area contributed by atoms with Crippen LogP contribution in [0.2, 0.25) is 0 Å². The van der Waals surface area contributed by atoms with Crippen molar-refractivity contribution in [2.75, 3.05) is 0 Å². The van der Waals surface area contributed by atoms with Gasteiger partial charge in [-0.25, -0.2) is 0 Å². The maximum absolute atomic E-state index is 10.6. The fourth-order valence-electron chi connectivity index (χ4n) is 1.58. The molecule has 1 aliphatic carbocycles. The van der Waals surface area contributed by atoms with E-state index in [1.54, 1.807) is 0 Å². The Morgan fingerprint density at radius 2 is 1.82 bits per heavy atom. The first-order chi connectivity index (χ1) is 5.18. The van der Waals surface area contributed by atoms with E-state index < -0.39 is 0 Å². The predicted molar refractivity (Wildman–Crippen MR) is 43.2 cm³/mol. The zero-order chi connectivity index (χ0) is 8.27. The van der Waals surface area contributed by atoms with Crippen LogP contribution >= 0.6 is 0 Å². The van der Waals surface area contributed by atoms with Crippen molar-refractivity contribution >= 4 is 5.97 Å². The Balaban J connectivity index is 2.22. The van der Waals surface area contributed by atoms with Crippen molar-refractivity contribution in [2.24, 2.45) is 5.92 Å². The first-order valence-corrected chi connectivity index (χ1v) is 4.35. The van der Waals surface area contributed by atoms with Gasteiger partial charge in [-0.2, -0.15) is 0 Å². The van der Waals surface area contributed by atoms with Gasteiger partial charge in [0.25, 0.3) is 0 Å². The van der Waals surface area contributed by atoms with Crippen molar-refractivity contribution in [3.05, 3.63) is 0 Å². The molecule has 64 valence electrons. The molecule has 0 atom stereocenters. The van der Waals surface area contributed by atoms with E-state index in [0.717, 1.165) is 18.8 Å². The van der Waals surface area contributed by atoms with Crippen molar-refractivity contribution in [3.8, 4) is 0 Å². The Labute approximate surface area is 67.9 Å². The van der Waals surface area contributed by atoms with Crippen LogP contribution in [0.4, 0.5) is 0 Å². The molecule has 0 spiro atoms. The Hall–Kier alpha value is -0.530. The number of ether oxygens (including phenoxy) is 1. The number of carbonyl (C=O) groups excluding carboxylic acids is 1. The molecule has 1 rings (SSSR count). The van der Waals surface area contributed by atoms with E-state index in [0.29, 0.717) is 0 Å². The maximum atomic E-state index is 10.6. The second-order valence-corrected chi connectivity index (χ2v) is 3.49. The summed E-state index contributed by atoms with van der Waals surface area (Å²) >= 11 is 0. The van der Waals surface area contributed by atoms with E-state index in [1.807, 2.05) is 0 Å². The molecule has 0 N–H and O–H groups in total. The van der Waals surface area contributed by atoms with Crippen LogP contribution in [0.1, 0.15) is 39.5 Å². The third kappa shape index (κ3) is 2.91. The first-order valence-electron chi connectivity index (χ1n) is 4.35. The quantitative estimate of drug-likeness (QED) is 0.543. The molecule has 0 aromatic heterocycles. The second-order valence-electron chi connectivity index (χ2n) is 3.49. The van der Waals surface area contributed by atoms with Crippen LogP contribution in [0.25, 0.3) is 0 Å². The summed E-state index contributed by atoms with van der Waals surface area (Å²) < 4.78 is 5.10. The van der Waals surface area contributed by atoms with Gasteiger partial charge in [-0.05, 0) is 31.6 Å². The molecule has 0 aromatic rings. The summed E-state index contributed by atoms with van der Waals surface area (Å²) in [6.45, 7) is 3.74. The topological polar surface area (TPSA) is 26.3 Å². The van der Waals surface area contributed by atoms with Crippen molar-refractivity contribution in [1.29, 1.82) is 0 Å². The monoisotopic (exact) mass is 156 g/mol. The van der Waals surface area contributed by atoms with Crippen LogP contribution in [-0.4, -0.2) is 12.1 Å². The molecule has 0 radical (unpaired) electrons. The van der Waals surface area contributed by atoms with Crippen molar-refractivity contribution in [3.63, 3.8) is 0 Å². The summed E-state index contributed by atoms with van der Waals surface area (Å²) in [5, 5.41) is 0. The molecule has 1 aliphatic rings. The normalized spacial score (nSPS) is 31.5. The largest absolute Gasteiger partial charge is 0.463 e. The molecule has 0 saturated heterocycles. The van der Waals surface area contributed by atoms with Crippen LogP contribution in [0.3, 0.4) is 0 Å². The van der Waals surface area contributed by atoms with Crippen LogP contribution in [0, 0.1) is 5.92 Å². The number of hydrogen-bond acceptors (Lipinski definition) is 2. The van der Waals surface area contributed by atoms with E-state index in [2.05, 4.69) is 6.92 Å². The minimum atomic E-state index is -0.135. The number of carbonyl (C=O) groups is 1. The molecule has 1 saturated carbocycles. The summed E-state index contributed by atoms with van der Waals surface area (Å²) in [4.78, 5) is 10.6. The second kappa shape index (κ2) is 3.74. The Morgan fingerprint density at radius 3 is 2.27 bits per heavy atom. The highest BCUT2D eigenvalue weighted by atomic mass is 16.5. The zero-order valence-corrected chi connectivity index (χ0v) is 7.30. The Morgan fingerprint density at radius 1 is 1.27 bits per heavy atom. The molecular formula is C9H16O2. The smallest absolute Gasteiger partial charge is 0.302 e. The Kier molecular flexibility index (Phi) is 2.92. The van der Waals surface area contributed by atoms with Gasteiger partial charge in [-0.1, -0.05) is 6.92 Å². The average Bonchev–Trinajstić information content (AvgIpc) is 1.93. The van der Waals surface area contributed by atoms with Gasteiger partial charge in [0.1, 0.15) is 6.10 Å². The van der Waals surface area contributed by atoms with Crippen molar-refractivity contribution in [1.82, 2.24) is 0 Å². The molecular weight excluding hydrogens is 140 g/mol. The lowest BCUT2D eigenvalue weighted by Gasteiger charge is -2.25. The standard InChI is InChI=1S/C9H16O2/c1-7-3-5-9(6-4-7)11-8(2)10/h7,9H,3-6H2,1-2H3. The van der Waals surface area contributed by atoms with Crippen molar-refractivity contribution in [2.45, 2.75) is 45.6 Å². The average molecular weight is 156 g/mol. The minimum Gasteiger partial charge on any atom is -0.463 e. The van der Waals surface area contributed by atoms with Gasteiger partial charge < -0.3 is 4.74 Å². The molecule has 11 heavy (non-hydrogen) atoms. The number of rotatable bonds is 1. The van der Waals surface area contributed by atoms with Gasteiger partial charge in [0.05, 0.1) is 0 Å². The van der Waals surface area contributed by atoms with Crippen LogP contribution < -0.4 is 0 Å². The summed E-state index contributed by atoms with van der Waals surface area (Å²) in [5.41, 5.74) is 0. The molecule has 0 heterocycles. The van der Waals surface area contributed by atoms with Gasteiger partial charge >= 0.3 is 5.97 Å². The fraction of sp³-hybridized carbons (Fsp3) is 0.889. The SMILES string of the molecule is CC(=O)OC1CCC(C)CC1. The van der Waals surface area contributed by atoms with Gasteiger partial charge in [0, 0.05) is 6.92 Å². The lowest BCUT2D eigenvalue weighted by molar-refractivity contribution is -0.148. The van der Waals surface area contributed by atoms with E-state index in [9.17, 15) is 4.79 Å². The highest BCUT2D eigenvalue weighted by Gasteiger charge is 2.19. The van der Waals surface area contributed by atoms with Crippen LogP contribution in [0.5, 0.6) is 0 Å². The van der Waals surface area contributed by atoms with E-state index in [-0.39, 0.29) is 12.1 Å². The van der Waals surface area contributed by atoms with Gasteiger partial charge in [-0.15, -0.1) is 0 Å². The highest BCUT2D eigenvalue weighted by molar-refractivity contribution is 5.66. The fourth-order valence-corrected chi connectivity index (χ4v) is 1.58. The van der Waals surface area contributed by atoms with Crippen LogP contribution in [-0.2, 0) is 9.53 Å².